The van der Waals surface area contributed by atoms with E-state index in [4.69, 9.17) is 5.73 Å². The van der Waals surface area contributed by atoms with Gasteiger partial charge in [-0.05, 0) is 38.1 Å². The number of rotatable bonds is 4. The van der Waals surface area contributed by atoms with E-state index in [1.165, 1.54) is 0 Å². The van der Waals surface area contributed by atoms with Gasteiger partial charge in [-0.1, -0.05) is 6.92 Å². The van der Waals surface area contributed by atoms with Gasteiger partial charge in [0.15, 0.2) is 0 Å². The van der Waals surface area contributed by atoms with Crippen LogP contribution < -0.4 is 11.1 Å². The number of hydrogen-bond donors (Lipinski definition) is 2. The summed E-state index contributed by atoms with van der Waals surface area (Å²) >= 11 is 0. The van der Waals surface area contributed by atoms with E-state index in [2.05, 4.69) is 22.1 Å². The molecular formula is C14H22N4O. The lowest BCUT2D eigenvalue weighted by Gasteiger charge is -2.32. The molecule has 1 aliphatic heterocycles. The minimum Gasteiger partial charge on any atom is -0.397 e. The van der Waals surface area contributed by atoms with Crippen molar-refractivity contribution < 1.29 is 4.79 Å². The summed E-state index contributed by atoms with van der Waals surface area (Å²) in [7, 11) is 0. The molecule has 5 heteroatoms. The van der Waals surface area contributed by atoms with Gasteiger partial charge < -0.3 is 16.0 Å². The predicted molar refractivity (Wildman–Crippen MR) is 75.6 cm³/mol. The van der Waals surface area contributed by atoms with Gasteiger partial charge in [0.2, 0.25) is 5.91 Å². The molecule has 5 nitrogen and oxygen atoms in total. The molecule has 2 rings (SSSR count). The number of nitrogens with two attached hydrogens (primary N) is 1. The van der Waals surface area contributed by atoms with Crippen LogP contribution in [0.4, 0.5) is 5.69 Å². The summed E-state index contributed by atoms with van der Waals surface area (Å²) in [6.45, 7) is 5.30. The summed E-state index contributed by atoms with van der Waals surface area (Å²) in [5.74, 6) is 0.0419. The van der Waals surface area contributed by atoms with Gasteiger partial charge in [0, 0.05) is 18.3 Å². The number of piperidine rings is 1. The van der Waals surface area contributed by atoms with Crippen molar-refractivity contribution in [1.82, 2.24) is 15.2 Å². The summed E-state index contributed by atoms with van der Waals surface area (Å²) in [5, 5.41) is 3.09. The Morgan fingerprint density at radius 1 is 1.58 bits per heavy atom. The zero-order valence-corrected chi connectivity index (χ0v) is 11.4. The normalized spacial score (nSPS) is 20.2. The molecule has 1 fully saturated rings. The number of carbonyl (C=O) groups is 1. The molecule has 0 spiro atoms. The molecule has 1 saturated heterocycles. The molecule has 0 aliphatic carbocycles. The predicted octanol–water partition coefficient (Wildman–Crippen LogP) is 0.807. The van der Waals surface area contributed by atoms with E-state index in [0.29, 0.717) is 12.1 Å². The second kappa shape index (κ2) is 6.52. The number of nitrogens with zero attached hydrogens (tertiary/aromatic N) is 2. The summed E-state index contributed by atoms with van der Waals surface area (Å²) < 4.78 is 0. The Bertz CT molecular complexity index is 418. The van der Waals surface area contributed by atoms with Crippen LogP contribution in [0.1, 0.15) is 25.5 Å². The molecule has 1 aliphatic rings. The first-order valence-corrected chi connectivity index (χ1v) is 6.89. The van der Waals surface area contributed by atoms with Crippen LogP contribution >= 0.6 is 0 Å². The van der Waals surface area contributed by atoms with Crippen LogP contribution in [0.15, 0.2) is 18.3 Å². The van der Waals surface area contributed by atoms with Crippen molar-refractivity contribution in [2.24, 2.45) is 0 Å². The van der Waals surface area contributed by atoms with Crippen molar-refractivity contribution in [3.05, 3.63) is 24.0 Å². The van der Waals surface area contributed by atoms with Gasteiger partial charge in [-0.15, -0.1) is 0 Å². The minimum atomic E-state index is 0.0419. The first-order chi connectivity index (χ1) is 9.17. The number of nitrogens with one attached hydrogen (secondary N) is 1. The lowest BCUT2D eigenvalue weighted by Crippen LogP contribution is -2.47. The van der Waals surface area contributed by atoms with Gasteiger partial charge >= 0.3 is 0 Å². The molecule has 0 aromatic carbocycles. The fourth-order valence-corrected chi connectivity index (χ4v) is 2.44. The molecular weight excluding hydrogens is 240 g/mol. The van der Waals surface area contributed by atoms with Crippen LogP contribution in [-0.2, 0) is 11.2 Å². The maximum absolute atomic E-state index is 12.0. The van der Waals surface area contributed by atoms with Gasteiger partial charge in [-0.3, -0.25) is 9.78 Å². The van der Waals surface area contributed by atoms with Crippen molar-refractivity contribution in [1.29, 1.82) is 0 Å². The quantitative estimate of drug-likeness (QED) is 0.842. The Morgan fingerprint density at radius 2 is 2.42 bits per heavy atom. The number of pyridine rings is 1. The molecule has 1 atom stereocenters. The van der Waals surface area contributed by atoms with Gasteiger partial charge in [0.1, 0.15) is 0 Å². The standard InChI is InChI=1S/C14H22N4O/c1-2-18-7-3-4-13(10-18)17-14(19)8-12-6-5-11(15)9-16-12/h5-6,9,13H,2-4,7-8,10,15H2,1H3,(H,17,19). The van der Waals surface area contributed by atoms with Crippen molar-refractivity contribution in [3.8, 4) is 0 Å². The highest BCUT2D eigenvalue weighted by Gasteiger charge is 2.20. The Balaban J connectivity index is 1.82. The molecule has 1 aromatic heterocycles. The lowest BCUT2D eigenvalue weighted by molar-refractivity contribution is -0.121. The molecule has 2 heterocycles. The molecule has 0 radical (unpaired) electrons. The molecule has 0 bridgehead atoms. The molecule has 19 heavy (non-hydrogen) atoms. The molecule has 1 amide bonds. The van der Waals surface area contributed by atoms with Crippen molar-refractivity contribution in [3.63, 3.8) is 0 Å². The number of anilines is 1. The average molecular weight is 262 g/mol. The second-order valence-corrected chi connectivity index (χ2v) is 5.06. The number of aromatic nitrogens is 1. The second-order valence-electron chi connectivity index (χ2n) is 5.06. The van der Waals surface area contributed by atoms with Crippen LogP contribution in [0, 0.1) is 0 Å². The highest BCUT2D eigenvalue weighted by Crippen LogP contribution is 2.10. The van der Waals surface area contributed by atoms with E-state index in [1.807, 2.05) is 0 Å². The van der Waals surface area contributed by atoms with Crippen LogP contribution in [0.25, 0.3) is 0 Å². The van der Waals surface area contributed by atoms with Crippen LogP contribution in [0.3, 0.4) is 0 Å². The van der Waals surface area contributed by atoms with E-state index in [1.54, 1.807) is 18.3 Å². The van der Waals surface area contributed by atoms with E-state index in [0.717, 1.165) is 38.2 Å². The van der Waals surface area contributed by atoms with Gasteiger partial charge in [0.25, 0.3) is 0 Å². The molecule has 1 aromatic rings. The SMILES string of the molecule is CCN1CCCC(NC(=O)Cc2ccc(N)cn2)C1. The summed E-state index contributed by atoms with van der Waals surface area (Å²) in [6.07, 6.45) is 4.13. The molecule has 0 saturated carbocycles. The Kier molecular flexibility index (Phi) is 4.74. The highest BCUT2D eigenvalue weighted by molar-refractivity contribution is 5.78. The third-order valence-electron chi connectivity index (χ3n) is 3.51. The van der Waals surface area contributed by atoms with Gasteiger partial charge in [-0.2, -0.15) is 0 Å². The molecule has 3 N–H and O–H groups in total. The van der Waals surface area contributed by atoms with E-state index in [-0.39, 0.29) is 11.9 Å². The van der Waals surface area contributed by atoms with Crippen molar-refractivity contribution in [2.75, 3.05) is 25.4 Å². The molecule has 104 valence electrons. The number of hydrogen-bond acceptors (Lipinski definition) is 4. The first-order valence-electron chi connectivity index (χ1n) is 6.89. The van der Waals surface area contributed by atoms with Gasteiger partial charge in [0.05, 0.1) is 18.3 Å². The monoisotopic (exact) mass is 262 g/mol. The maximum Gasteiger partial charge on any atom is 0.226 e. The van der Waals surface area contributed by atoms with Crippen molar-refractivity contribution >= 4 is 11.6 Å². The summed E-state index contributed by atoms with van der Waals surface area (Å²) in [6, 6.07) is 3.85. The molecule has 1 unspecified atom stereocenters. The smallest absolute Gasteiger partial charge is 0.226 e. The Morgan fingerprint density at radius 3 is 3.11 bits per heavy atom. The van der Waals surface area contributed by atoms with Crippen LogP contribution in [0.5, 0.6) is 0 Å². The van der Waals surface area contributed by atoms with E-state index < -0.39 is 0 Å². The average Bonchev–Trinajstić information content (AvgIpc) is 2.41. The Hall–Kier alpha value is -1.62. The highest BCUT2D eigenvalue weighted by atomic mass is 16.1. The lowest BCUT2D eigenvalue weighted by atomic mass is 10.1. The van der Waals surface area contributed by atoms with Crippen LogP contribution in [-0.4, -0.2) is 41.5 Å². The third kappa shape index (κ3) is 4.21. The minimum absolute atomic E-state index is 0.0419. The Labute approximate surface area is 114 Å². The summed E-state index contributed by atoms with van der Waals surface area (Å²) in [5.41, 5.74) is 6.95. The zero-order valence-electron chi connectivity index (χ0n) is 11.4. The largest absolute Gasteiger partial charge is 0.397 e. The first kappa shape index (κ1) is 13.8. The van der Waals surface area contributed by atoms with E-state index >= 15 is 0 Å². The maximum atomic E-state index is 12.0. The van der Waals surface area contributed by atoms with E-state index in [9.17, 15) is 4.79 Å². The third-order valence-corrected chi connectivity index (χ3v) is 3.51. The number of likely N-dealkylation sites (N-methyl/N-ethyl adjacent to an activating group) is 1. The van der Waals surface area contributed by atoms with Crippen LogP contribution in [0.2, 0.25) is 0 Å². The topological polar surface area (TPSA) is 71.2 Å². The number of amides is 1. The van der Waals surface area contributed by atoms with Crippen molar-refractivity contribution in [2.45, 2.75) is 32.2 Å². The summed E-state index contributed by atoms with van der Waals surface area (Å²) in [4.78, 5) is 18.5. The van der Waals surface area contributed by atoms with Gasteiger partial charge in [-0.25, -0.2) is 0 Å². The number of likely N-dealkylation sites (tertiary alicyclic amines) is 1. The number of nitrogen functional groups attached to an aromatic ring is 1. The zero-order chi connectivity index (χ0) is 13.7. The number of carbonyl (C=O) groups excluding carboxylic acids is 1. The fraction of sp³-hybridized carbons (Fsp3) is 0.571. The fourth-order valence-electron chi connectivity index (χ4n) is 2.44.